The van der Waals surface area contributed by atoms with E-state index in [2.05, 4.69) is 0 Å². The lowest BCUT2D eigenvalue weighted by Gasteiger charge is -2.28. The van der Waals surface area contributed by atoms with Crippen molar-refractivity contribution in [3.05, 3.63) is 82.9 Å². The fourth-order valence-corrected chi connectivity index (χ4v) is 5.61. The number of aliphatic hydroxyl groups is 1. The van der Waals surface area contributed by atoms with E-state index in [0.29, 0.717) is 18.7 Å². The van der Waals surface area contributed by atoms with Crippen LogP contribution in [0.3, 0.4) is 0 Å². The molecule has 2 saturated heterocycles. The number of carbonyl (C=O) groups excluding carboxylic acids is 2. The van der Waals surface area contributed by atoms with E-state index in [4.69, 9.17) is 9.47 Å². The molecular weight excluding hydrogens is 442 g/mol. The molecule has 3 aliphatic heterocycles. The van der Waals surface area contributed by atoms with Crippen molar-refractivity contribution in [1.82, 2.24) is 4.90 Å². The molecule has 1 amide bonds. The Balaban J connectivity index is 1.52. The molecule has 0 aromatic heterocycles. The molecule has 0 aliphatic carbocycles. The van der Waals surface area contributed by atoms with Crippen LogP contribution in [0.15, 0.2) is 66.2 Å². The largest absolute Gasteiger partial charge is 0.507 e. The maximum atomic E-state index is 13.4. The van der Waals surface area contributed by atoms with Gasteiger partial charge in [-0.25, -0.2) is 0 Å². The van der Waals surface area contributed by atoms with Gasteiger partial charge >= 0.3 is 0 Å². The van der Waals surface area contributed by atoms with Crippen molar-refractivity contribution in [2.75, 3.05) is 13.2 Å². The number of fused-ring (bicyclic) bond motifs is 2. The van der Waals surface area contributed by atoms with Crippen LogP contribution in [-0.4, -0.2) is 47.1 Å². The molecule has 0 bridgehead atoms. The third-order valence-electron chi connectivity index (χ3n) is 7.25. The quantitative estimate of drug-likeness (QED) is 0.339. The first kappa shape index (κ1) is 21.9. The van der Waals surface area contributed by atoms with Crippen LogP contribution in [0.25, 0.3) is 16.5 Å². The minimum atomic E-state index is -0.700. The second-order valence-electron chi connectivity index (χ2n) is 9.61. The van der Waals surface area contributed by atoms with Crippen LogP contribution in [-0.2, 0) is 20.7 Å². The van der Waals surface area contributed by atoms with E-state index in [-0.39, 0.29) is 23.5 Å². The maximum absolute atomic E-state index is 13.4. The summed E-state index contributed by atoms with van der Waals surface area (Å²) in [6.45, 7) is 2.96. The lowest BCUT2D eigenvalue weighted by atomic mass is 9.91. The van der Waals surface area contributed by atoms with Crippen molar-refractivity contribution >= 4 is 28.2 Å². The maximum Gasteiger partial charge on any atom is 0.295 e. The number of ketones is 1. The zero-order valence-electron chi connectivity index (χ0n) is 19.6. The van der Waals surface area contributed by atoms with Crippen LogP contribution < -0.4 is 4.74 Å². The number of carbonyl (C=O) groups is 2. The van der Waals surface area contributed by atoms with Gasteiger partial charge in [-0.3, -0.25) is 9.59 Å². The summed E-state index contributed by atoms with van der Waals surface area (Å²) in [5.41, 5.74) is 2.44. The zero-order chi connectivity index (χ0) is 24.1. The third kappa shape index (κ3) is 3.69. The van der Waals surface area contributed by atoms with Gasteiger partial charge in [0.05, 0.1) is 17.7 Å². The average Bonchev–Trinajstić information content (AvgIpc) is 3.57. The van der Waals surface area contributed by atoms with Crippen LogP contribution in [0, 0.1) is 0 Å². The van der Waals surface area contributed by atoms with Crippen LogP contribution in [0.2, 0.25) is 0 Å². The van der Waals surface area contributed by atoms with E-state index >= 15 is 0 Å². The molecule has 0 spiro atoms. The molecule has 6 nitrogen and oxygen atoms in total. The van der Waals surface area contributed by atoms with E-state index < -0.39 is 17.7 Å². The minimum absolute atomic E-state index is 0.0649. The van der Waals surface area contributed by atoms with Gasteiger partial charge in [0.2, 0.25) is 0 Å². The van der Waals surface area contributed by atoms with Crippen LogP contribution >= 0.6 is 0 Å². The summed E-state index contributed by atoms with van der Waals surface area (Å²) in [5.74, 6) is -0.626. The highest BCUT2D eigenvalue weighted by molar-refractivity contribution is 6.46. The molecule has 0 saturated carbocycles. The Hall–Kier alpha value is -3.64. The van der Waals surface area contributed by atoms with Gasteiger partial charge in [-0.1, -0.05) is 42.5 Å². The van der Waals surface area contributed by atoms with Crippen molar-refractivity contribution in [3.63, 3.8) is 0 Å². The molecule has 0 radical (unpaired) electrons. The Morgan fingerprint density at radius 1 is 1.09 bits per heavy atom. The Labute approximate surface area is 203 Å². The molecule has 35 heavy (non-hydrogen) atoms. The summed E-state index contributed by atoms with van der Waals surface area (Å²) in [6.07, 6.45) is 2.45. The number of aliphatic hydroxyl groups excluding tert-OH is 1. The van der Waals surface area contributed by atoms with E-state index in [1.54, 1.807) is 11.0 Å². The number of rotatable bonds is 4. The van der Waals surface area contributed by atoms with Crippen molar-refractivity contribution in [2.45, 2.75) is 44.4 Å². The molecule has 3 atom stereocenters. The van der Waals surface area contributed by atoms with Gasteiger partial charge in [-0.15, -0.1) is 0 Å². The number of likely N-dealkylation sites (tertiary alicyclic amines) is 1. The van der Waals surface area contributed by atoms with Crippen molar-refractivity contribution in [3.8, 4) is 5.75 Å². The van der Waals surface area contributed by atoms with E-state index in [0.717, 1.165) is 46.9 Å². The smallest absolute Gasteiger partial charge is 0.295 e. The molecule has 178 valence electrons. The number of nitrogens with zero attached hydrogens (tertiary/aromatic N) is 1. The Kier molecular flexibility index (Phi) is 5.33. The molecule has 0 unspecified atom stereocenters. The molecule has 3 aromatic rings. The summed E-state index contributed by atoms with van der Waals surface area (Å²) in [5, 5.41) is 13.5. The van der Waals surface area contributed by atoms with E-state index in [1.165, 1.54) is 0 Å². The molecule has 3 heterocycles. The number of amides is 1. The van der Waals surface area contributed by atoms with Crippen molar-refractivity contribution in [2.24, 2.45) is 0 Å². The van der Waals surface area contributed by atoms with E-state index in [1.807, 2.05) is 61.5 Å². The normalized spacial score (nSPS) is 25.3. The topological polar surface area (TPSA) is 76.1 Å². The molecule has 6 rings (SSSR count). The number of hydrogen-bond donors (Lipinski definition) is 1. The van der Waals surface area contributed by atoms with Gasteiger partial charge in [-0.05, 0) is 59.9 Å². The Morgan fingerprint density at radius 2 is 1.91 bits per heavy atom. The number of hydrogen-bond acceptors (Lipinski definition) is 5. The van der Waals surface area contributed by atoms with Gasteiger partial charge in [-0.2, -0.15) is 0 Å². The van der Waals surface area contributed by atoms with Gasteiger partial charge in [0.15, 0.2) is 0 Å². The predicted molar refractivity (Wildman–Crippen MR) is 132 cm³/mol. The van der Waals surface area contributed by atoms with Gasteiger partial charge in [0, 0.05) is 25.1 Å². The van der Waals surface area contributed by atoms with Gasteiger partial charge < -0.3 is 19.5 Å². The zero-order valence-corrected chi connectivity index (χ0v) is 19.6. The van der Waals surface area contributed by atoms with Crippen molar-refractivity contribution < 1.29 is 24.2 Å². The molecular formula is C29H27NO5. The first-order chi connectivity index (χ1) is 17.0. The first-order valence-corrected chi connectivity index (χ1v) is 12.2. The van der Waals surface area contributed by atoms with Crippen LogP contribution in [0.4, 0.5) is 0 Å². The Morgan fingerprint density at radius 3 is 2.74 bits per heavy atom. The summed E-state index contributed by atoms with van der Waals surface area (Å²) in [7, 11) is 0. The highest BCUT2D eigenvalue weighted by Crippen LogP contribution is 2.43. The lowest BCUT2D eigenvalue weighted by molar-refractivity contribution is -0.140. The molecule has 6 heteroatoms. The second kappa shape index (κ2) is 8.54. The summed E-state index contributed by atoms with van der Waals surface area (Å²) >= 11 is 0. The fraction of sp³-hybridized carbons (Fsp3) is 0.310. The molecule has 3 aliphatic rings. The second-order valence-corrected chi connectivity index (χ2v) is 9.61. The van der Waals surface area contributed by atoms with E-state index in [9.17, 15) is 14.7 Å². The van der Waals surface area contributed by atoms with Crippen molar-refractivity contribution in [1.29, 1.82) is 0 Å². The Bertz CT molecular complexity index is 1370. The highest BCUT2D eigenvalue weighted by atomic mass is 16.5. The van der Waals surface area contributed by atoms with Gasteiger partial charge in [0.25, 0.3) is 11.7 Å². The summed E-state index contributed by atoms with van der Waals surface area (Å²) in [4.78, 5) is 28.4. The monoisotopic (exact) mass is 469 g/mol. The van der Waals surface area contributed by atoms with Crippen LogP contribution in [0.5, 0.6) is 5.75 Å². The number of ether oxygens (including phenoxy) is 2. The number of Topliss-reactive ketones (excluding diaryl/α,β-unsaturated/α-hetero) is 1. The average molecular weight is 470 g/mol. The minimum Gasteiger partial charge on any atom is -0.507 e. The third-order valence-corrected chi connectivity index (χ3v) is 7.25. The summed E-state index contributed by atoms with van der Waals surface area (Å²) in [6, 6.07) is 18.5. The standard InChI is InChI=1S/C29H27NO5/c1-17-14-20-15-19(11-12-24(20)35-17)27(31)25-26(23-10-4-7-18-6-2-3-9-22(18)23)30(29(33)28(25)32)16-21-8-5-13-34-21/h2-4,6-7,9-12,15,17,21,26,31H,5,8,13-14,16H2,1H3/t17-,21-,26+/m1/s1. The summed E-state index contributed by atoms with van der Waals surface area (Å²) < 4.78 is 11.6. The molecule has 2 fully saturated rings. The molecule has 3 aromatic carbocycles. The highest BCUT2D eigenvalue weighted by Gasteiger charge is 2.47. The van der Waals surface area contributed by atoms with Crippen LogP contribution in [0.1, 0.15) is 42.5 Å². The predicted octanol–water partition coefficient (Wildman–Crippen LogP) is 4.76. The van der Waals surface area contributed by atoms with Gasteiger partial charge in [0.1, 0.15) is 17.6 Å². The molecule has 1 N–H and O–H groups in total. The SMILES string of the molecule is C[C@@H]1Cc2cc(C(O)=C3C(=O)C(=O)N(C[C@H]4CCCO4)[C@H]3c3cccc4ccccc34)ccc2O1. The number of benzene rings is 3. The first-order valence-electron chi connectivity index (χ1n) is 12.2. The lowest BCUT2D eigenvalue weighted by Crippen LogP contribution is -2.36. The fourth-order valence-electron chi connectivity index (χ4n) is 5.61.